The van der Waals surface area contributed by atoms with E-state index in [4.69, 9.17) is 10.00 Å². The Morgan fingerprint density at radius 3 is 2.33 bits per heavy atom. The first-order valence-electron chi connectivity index (χ1n) is 7.30. The maximum absolute atomic E-state index is 9.14. The van der Waals surface area contributed by atoms with Gasteiger partial charge in [0.2, 0.25) is 0 Å². The molecule has 0 rings (SSSR count). The first-order valence-corrected chi connectivity index (χ1v) is 7.30. The fraction of sp³-hybridized carbons (Fsp3) is 0.933. The van der Waals surface area contributed by atoms with Crippen molar-refractivity contribution in [3.63, 3.8) is 0 Å². The van der Waals surface area contributed by atoms with Gasteiger partial charge in [0.05, 0.1) is 12.7 Å². The summed E-state index contributed by atoms with van der Waals surface area (Å²) in [6.07, 6.45) is 7.61. The minimum absolute atomic E-state index is 0.298. The van der Waals surface area contributed by atoms with E-state index in [0.29, 0.717) is 12.6 Å². The highest BCUT2D eigenvalue weighted by molar-refractivity contribution is 5.04. The molecule has 0 radical (unpaired) electrons. The van der Waals surface area contributed by atoms with Gasteiger partial charge in [-0.05, 0) is 27.2 Å². The molecule has 1 unspecified atom stereocenters. The molecule has 0 aromatic heterocycles. The Labute approximate surface area is 113 Å². The van der Waals surface area contributed by atoms with Gasteiger partial charge >= 0.3 is 0 Å². The molecule has 0 bridgehead atoms. The molecule has 106 valence electrons. The molecule has 3 nitrogen and oxygen atoms in total. The van der Waals surface area contributed by atoms with Crippen LogP contribution in [0.2, 0.25) is 0 Å². The third-order valence-electron chi connectivity index (χ3n) is 2.89. The highest BCUT2D eigenvalue weighted by Gasteiger charge is 2.24. The van der Waals surface area contributed by atoms with Crippen molar-refractivity contribution in [2.45, 2.75) is 77.8 Å². The summed E-state index contributed by atoms with van der Waals surface area (Å²) in [7, 11) is 0. The summed E-state index contributed by atoms with van der Waals surface area (Å²) in [6.45, 7) is 9.45. The molecular weight excluding hydrogens is 224 g/mol. The number of nitrogens with zero attached hydrogens (tertiary/aromatic N) is 1. The molecule has 0 aliphatic rings. The Hall–Kier alpha value is -0.590. The third-order valence-corrected chi connectivity index (χ3v) is 2.89. The molecule has 0 aromatic carbocycles. The van der Waals surface area contributed by atoms with Crippen LogP contribution in [0.3, 0.4) is 0 Å². The molecule has 0 aliphatic carbocycles. The molecule has 0 saturated carbocycles. The van der Waals surface area contributed by atoms with E-state index in [-0.39, 0.29) is 0 Å². The Balaban J connectivity index is 3.54. The smallest absolute Gasteiger partial charge is 0.127 e. The molecule has 0 aromatic rings. The lowest BCUT2D eigenvalue weighted by molar-refractivity contribution is 0.0892. The standard InChI is InChI=1S/C15H30N2O/c1-5-6-7-8-9-10-11-18-13-15(4,12-16)17-14(2)3/h14,17H,5-11,13H2,1-4H3. The van der Waals surface area contributed by atoms with E-state index in [2.05, 4.69) is 18.3 Å². The summed E-state index contributed by atoms with van der Waals surface area (Å²) in [5, 5.41) is 12.4. The first-order chi connectivity index (χ1) is 8.54. The van der Waals surface area contributed by atoms with Crippen LogP contribution < -0.4 is 5.32 Å². The van der Waals surface area contributed by atoms with Crippen molar-refractivity contribution in [2.24, 2.45) is 0 Å². The number of hydrogen-bond donors (Lipinski definition) is 1. The Bertz CT molecular complexity index is 235. The Kier molecular flexibility index (Phi) is 10.0. The molecule has 0 fully saturated rings. The lowest BCUT2D eigenvalue weighted by atomic mass is 10.1. The number of nitriles is 1. The van der Waals surface area contributed by atoms with E-state index in [1.807, 2.05) is 20.8 Å². The van der Waals surface area contributed by atoms with Gasteiger partial charge < -0.3 is 4.74 Å². The fourth-order valence-electron chi connectivity index (χ4n) is 2.00. The number of unbranched alkanes of at least 4 members (excludes halogenated alkanes) is 5. The Morgan fingerprint density at radius 2 is 1.78 bits per heavy atom. The van der Waals surface area contributed by atoms with Gasteiger partial charge in [-0.1, -0.05) is 39.0 Å². The minimum Gasteiger partial charge on any atom is -0.378 e. The topological polar surface area (TPSA) is 45.0 Å². The zero-order valence-corrected chi connectivity index (χ0v) is 12.6. The average Bonchev–Trinajstić information content (AvgIpc) is 2.32. The maximum atomic E-state index is 9.14. The van der Waals surface area contributed by atoms with E-state index >= 15 is 0 Å². The molecule has 18 heavy (non-hydrogen) atoms. The molecule has 0 saturated heterocycles. The molecule has 0 spiro atoms. The lowest BCUT2D eigenvalue weighted by Crippen LogP contribution is -2.48. The van der Waals surface area contributed by atoms with Crippen molar-refractivity contribution >= 4 is 0 Å². The van der Waals surface area contributed by atoms with Crippen LogP contribution in [-0.4, -0.2) is 24.8 Å². The van der Waals surface area contributed by atoms with Crippen LogP contribution in [0.1, 0.15) is 66.2 Å². The predicted octanol–water partition coefficient (Wildman–Crippen LogP) is 3.64. The van der Waals surface area contributed by atoms with Crippen LogP contribution in [0, 0.1) is 11.3 Å². The van der Waals surface area contributed by atoms with Crippen LogP contribution in [0.15, 0.2) is 0 Å². The van der Waals surface area contributed by atoms with Gasteiger partial charge in [-0.2, -0.15) is 5.26 Å². The third kappa shape index (κ3) is 9.44. The summed E-state index contributed by atoms with van der Waals surface area (Å²) >= 11 is 0. The van der Waals surface area contributed by atoms with Gasteiger partial charge in [0.15, 0.2) is 0 Å². The van der Waals surface area contributed by atoms with Gasteiger partial charge in [-0.25, -0.2) is 0 Å². The van der Waals surface area contributed by atoms with Crippen molar-refractivity contribution in [3.05, 3.63) is 0 Å². The first kappa shape index (κ1) is 17.4. The molecule has 1 N–H and O–H groups in total. The van der Waals surface area contributed by atoms with Crippen molar-refractivity contribution in [1.29, 1.82) is 5.26 Å². The fourth-order valence-corrected chi connectivity index (χ4v) is 2.00. The van der Waals surface area contributed by atoms with Crippen LogP contribution >= 0.6 is 0 Å². The zero-order chi connectivity index (χ0) is 13.9. The SMILES string of the molecule is CCCCCCCCOCC(C)(C#N)NC(C)C. The predicted molar refractivity (Wildman–Crippen MR) is 76.5 cm³/mol. The van der Waals surface area contributed by atoms with Crippen molar-refractivity contribution < 1.29 is 4.74 Å². The quantitative estimate of drug-likeness (QED) is 0.572. The number of nitrogens with one attached hydrogen (secondary N) is 1. The second kappa shape index (κ2) is 10.3. The van der Waals surface area contributed by atoms with Crippen molar-refractivity contribution in [2.75, 3.05) is 13.2 Å². The van der Waals surface area contributed by atoms with Gasteiger partial charge in [-0.3, -0.25) is 5.32 Å². The number of hydrogen-bond acceptors (Lipinski definition) is 3. The van der Waals surface area contributed by atoms with Crippen molar-refractivity contribution in [1.82, 2.24) is 5.32 Å². The maximum Gasteiger partial charge on any atom is 0.127 e. The molecule has 1 atom stereocenters. The normalized spacial score (nSPS) is 14.4. The average molecular weight is 254 g/mol. The van der Waals surface area contributed by atoms with Crippen LogP contribution in [0.4, 0.5) is 0 Å². The highest BCUT2D eigenvalue weighted by Crippen LogP contribution is 2.07. The second-order valence-electron chi connectivity index (χ2n) is 5.56. The Morgan fingerprint density at radius 1 is 1.17 bits per heavy atom. The van der Waals surface area contributed by atoms with Gasteiger partial charge in [0.1, 0.15) is 5.54 Å². The van der Waals surface area contributed by atoms with Gasteiger partial charge in [-0.15, -0.1) is 0 Å². The van der Waals surface area contributed by atoms with Gasteiger partial charge in [0.25, 0.3) is 0 Å². The molecule has 0 aliphatic heterocycles. The summed E-state index contributed by atoms with van der Waals surface area (Å²) in [4.78, 5) is 0. The van der Waals surface area contributed by atoms with E-state index < -0.39 is 5.54 Å². The largest absolute Gasteiger partial charge is 0.378 e. The zero-order valence-electron chi connectivity index (χ0n) is 12.6. The molecular formula is C15H30N2O. The molecule has 0 heterocycles. The number of rotatable bonds is 11. The summed E-state index contributed by atoms with van der Waals surface area (Å²) in [5.74, 6) is 0. The second-order valence-corrected chi connectivity index (χ2v) is 5.56. The lowest BCUT2D eigenvalue weighted by Gasteiger charge is -2.25. The van der Waals surface area contributed by atoms with E-state index in [0.717, 1.165) is 13.0 Å². The van der Waals surface area contributed by atoms with Crippen LogP contribution in [0.5, 0.6) is 0 Å². The van der Waals surface area contributed by atoms with Crippen LogP contribution in [-0.2, 0) is 4.74 Å². The minimum atomic E-state index is -0.559. The molecule has 3 heteroatoms. The summed E-state index contributed by atoms with van der Waals surface area (Å²) < 4.78 is 5.61. The summed E-state index contributed by atoms with van der Waals surface area (Å²) in [5.41, 5.74) is -0.559. The van der Waals surface area contributed by atoms with E-state index in [9.17, 15) is 0 Å². The van der Waals surface area contributed by atoms with Crippen molar-refractivity contribution in [3.8, 4) is 6.07 Å². The summed E-state index contributed by atoms with van der Waals surface area (Å²) in [6, 6.07) is 2.59. The number of ether oxygens (including phenoxy) is 1. The van der Waals surface area contributed by atoms with Gasteiger partial charge in [0, 0.05) is 12.6 Å². The van der Waals surface area contributed by atoms with E-state index in [1.54, 1.807) is 0 Å². The van der Waals surface area contributed by atoms with Crippen LogP contribution in [0.25, 0.3) is 0 Å². The van der Waals surface area contributed by atoms with E-state index in [1.165, 1.54) is 32.1 Å². The highest BCUT2D eigenvalue weighted by atomic mass is 16.5. The monoisotopic (exact) mass is 254 g/mol. The molecule has 0 amide bonds.